The van der Waals surface area contributed by atoms with Gasteiger partial charge in [-0.05, 0) is 36.8 Å². The van der Waals surface area contributed by atoms with Crippen molar-refractivity contribution in [2.75, 3.05) is 26.7 Å². The molecule has 144 valence electrons. The molecule has 2 rings (SSSR count). The number of carbonyl (C=O) groups is 2. The second kappa shape index (κ2) is 10.2. The van der Waals surface area contributed by atoms with E-state index in [1.165, 1.54) is 0 Å². The molecular formula is C20H31N3O3. The van der Waals surface area contributed by atoms with E-state index in [9.17, 15) is 9.59 Å². The molecule has 0 radical (unpaired) electrons. The molecule has 6 heteroatoms. The van der Waals surface area contributed by atoms with Gasteiger partial charge in [0, 0.05) is 38.5 Å². The Morgan fingerprint density at radius 1 is 1.35 bits per heavy atom. The van der Waals surface area contributed by atoms with Gasteiger partial charge in [-0.1, -0.05) is 25.1 Å². The average molecular weight is 361 g/mol. The Hall–Kier alpha value is -2.08. The number of rotatable bonds is 8. The first kappa shape index (κ1) is 20.2. The molecule has 0 saturated carbocycles. The van der Waals surface area contributed by atoms with Crippen LogP contribution in [0, 0.1) is 0 Å². The van der Waals surface area contributed by atoms with E-state index in [0.29, 0.717) is 25.9 Å². The predicted octanol–water partition coefficient (Wildman–Crippen LogP) is 2.03. The van der Waals surface area contributed by atoms with Crippen LogP contribution in [0.2, 0.25) is 0 Å². The number of benzene rings is 1. The molecule has 1 aliphatic heterocycles. The second-order valence-corrected chi connectivity index (χ2v) is 6.93. The molecule has 0 aliphatic carbocycles. The van der Waals surface area contributed by atoms with Crippen molar-refractivity contribution in [1.82, 2.24) is 10.2 Å². The lowest BCUT2D eigenvalue weighted by molar-refractivity contribution is -0.135. The minimum absolute atomic E-state index is 0.0483. The Morgan fingerprint density at radius 3 is 2.85 bits per heavy atom. The van der Waals surface area contributed by atoms with E-state index in [1.807, 2.05) is 29.2 Å². The molecule has 2 unspecified atom stereocenters. The number of hydrogen-bond acceptors (Lipinski definition) is 4. The lowest BCUT2D eigenvalue weighted by Gasteiger charge is -2.36. The van der Waals surface area contributed by atoms with Gasteiger partial charge in [-0.2, -0.15) is 0 Å². The van der Waals surface area contributed by atoms with E-state index in [-0.39, 0.29) is 23.8 Å². The van der Waals surface area contributed by atoms with E-state index in [4.69, 9.17) is 10.5 Å². The zero-order valence-electron chi connectivity index (χ0n) is 15.9. The normalized spacial score (nSPS) is 18.3. The van der Waals surface area contributed by atoms with Gasteiger partial charge in [-0.15, -0.1) is 0 Å². The van der Waals surface area contributed by atoms with Gasteiger partial charge in [-0.3, -0.25) is 9.59 Å². The number of amides is 2. The Kier molecular flexibility index (Phi) is 7.91. The van der Waals surface area contributed by atoms with Crippen molar-refractivity contribution >= 4 is 11.8 Å². The lowest BCUT2D eigenvalue weighted by Crippen LogP contribution is -2.49. The van der Waals surface area contributed by atoms with Crippen molar-refractivity contribution in [3.8, 4) is 5.75 Å². The van der Waals surface area contributed by atoms with Gasteiger partial charge in [0.1, 0.15) is 5.75 Å². The fraction of sp³-hybridized carbons (Fsp3) is 0.600. The third-order valence-corrected chi connectivity index (χ3v) is 5.00. The van der Waals surface area contributed by atoms with Gasteiger partial charge >= 0.3 is 0 Å². The number of piperidine rings is 1. The second-order valence-electron chi connectivity index (χ2n) is 6.93. The molecule has 1 fully saturated rings. The van der Waals surface area contributed by atoms with Crippen LogP contribution in [-0.4, -0.2) is 49.5 Å². The molecule has 6 nitrogen and oxygen atoms in total. The predicted molar refractivity (Wildman–Crippen MR) is 102 cm³/mol. The molecule has 1 aliphatic rings. The van der Waals surface area contributed by atoms with Crippen LogP contribution in [-0.2, 0) is 9.59 Å². The number of likely N-dealkylation sites (tertiary alicyclic amines) is 1. The van der Waals surface area contributed by atoms with E-state index in [2.05, 4.69) is 12.2 Å². The van der Waals surface area contributed by atoms with Gasteiger partial charge in [0.2, 0.25) is 11.8 Å². The van der Waals surface area contributed by atoms with Crippen molar-refractivity contribution < 1.29 is 14.3 Å². The Balaban J connectivity index is 1.97. The fourth-order valence-electron chi connectivity index (χ4n) is 3.55. The zero-order valence-corrected chi connectivity index (χ0v) is 15.9. The summed E-state index contributed by atoms with van der Waals surface area (Å²) in [5.74, 6) is 0.985. The highest BCUT2D eigenvalue weighted by atomic mass is 16.5. The van der Waals surface area contributed by atoms with Crippen molar-refractivity contribution in [1.29, 1.82) is 0 Å². The maximum absolute atomic E-state index is 12.9. The van der Waals surface area contributed by atoms with Crippen LogP contribution in [0.5, 0.6) is 5.75 Å². The van der Waals surface area contributed by atoms with Gasteiger partial charge in [-0.25, -0.2) is 0 Å². The van der Waals surface area contributed by atoms with Crippen LogP contribution in [0.15, 0.2) is 24.3 Å². The largest absolute Gasteiger partial charge is 0.496 e. The average Bonchev–Trinajstić information content (AvgIpc) is 2.66. The van der Waals surface area contributed by atoms with Crippen LogP contribution in [0.25, 0.3) is 0 Å². The SMILES string of the molecule is COc1ccccc1C(C)CC(=O)N1CCCCC1CNC(=O)CCN. The summed E-state index contributed by atoms with van der Waals surface area (Å²) in [5.41, 5.74) is 6.46. The summed E-state index contributed by atoms with van der Waals surface area (Å²) in [7, 11) is 1.65. The van der Waals surface area contributed by atoms with E-state index >= 15 is 0 Å². The third-order valence-electron chi connectivity index (χ3n) is 5.00. The summed E-state index contributed by atoms with van der Waals surface area (Å²) < 4.78 is 5.42. The van der Waals surface area contributed by atoms with Crippen LogP contribution in [0.3, 0.4) is 0 Å². The molecule has 0 aromatic heterocycles. The molecule has 1 heterocycles. The van der Waals surface area contributed by atoms with Crippen LogP contribution < -0.4 is 15.8 Å². The first-order valence-corrected chi connectivity index (χ1v) is 9.46. The van der Waals surface area contributed by atoms with E-state index in [1.54, 1.807) is 7.11 Å². The van der Waals surface area contributed by atoms with Crippen molar-refractivity contribution in [2.45, 2.75) is 51.0 Å². The number of hydrogen-bond donors (Lipinski definition) is 2. The molecule has 1 aromatic carbocycles. The maximum atomic E-state index is 12.9. The number of nitrogens with one attached hydrogen (secondary N) is 1. The number of para-hydroxylation sites is 1. The van der Waals surface area contributed by atoms with Gasteiger partial charge in [0.15, 0.2) is 0 Å². The highest BCUT2D eigenvalue weighted by Gasteiger charge is 2.28. The fourth-order valence-corrected chi connectivity index (χ4v) is 3.55. The van der Waals surface area contributed by atoms with Crippen molar-refractivity contribution in [3.05, 3.63) is 29.8 Å². The Labute approximate surface area is 156 Å². The minimum Gasteiger partial charge on any atom is -0.496 e. The monoisotopic (exact) mass is 361 g/mol. The molecule has 26 heavy (non-hydrogen) atoms. The zero-order chi connectivity index (χ0) is 18.9. The topological polar surface area (TPSA) is 84.7 Å². The molecule has 3 N–H and O–H groups in total. The summed E-state index contributed by atoms with van der Waals surface area (Å²) in [6, 6.07) is 7.91. The molecule has 1 saturated heterocycles. The van der Waals surface area contributed by atoms with Gasteiger partial charge in [0.25, 0.3) is 0 Å². The number of methoxy groups -OCH3 is 1. The van der Waals surface area contributed by atoms with Crippen LogP contribution >= 0.6 is 0 Å². The lowest BCUT2D eigenvalue weighted by atomic mass is 9.94. The number of nitrogens with two attached hydrogens (primary N) is 1. The highest BCUT2D eigenvalue weighted by Crippen LogP contribution is 2.29. The molecular weight excluding hydrogens is 330 g/mol. The quantitative estimate of drug-likeness (QED) is 0.742. The first-order valence-electron chi connectivity index (χ1n) is 9.46. The highest BCUT2D eigenvalue weighted by molar-refractivity contribution is 5.78. The standard InChI is InChI=1S/C20H31N3O3/c1-15(17-8-3-4-9-18(17)26-2)13-20(25)23-12-6-5-7-16(23)14-22-19(24)10-11-21/h3-4,8-9,15-16H,5-7,10-14,21H2,1-2H3,(H,22,24). The molecule has 1 aromatic rings. The summed E-state index contributed by atoms with van der Waals surface area (Å²) in [6.45, 7) is 3.66. The summed E-state index contributed by atoms with van der Waals surface area (Å²) >= 11 is 0. The number of nitrogens with zero attached hydrogens (tertiary/aromatic N) is 1. The van der Waals surface area contributed by atoms with Gasteiger partial charge < -0.3 is 20.7 Å². The Bertz CT molecular complexity index is 606. The number of ether oxygens (including phenoxy) is 1. The molecule has 2 atom stereocenters. The van der Waals surface area contributed by atoms with E-state index in [0.717, 1.165) is 37.1 Å². The molecule has 0 spiro atoms. The van der Waals surface area contributed by atoms with Crippen LogP contribution in [0.4, 0.5) is 0 Å². The van der Waals surface area contributed by atoms with E-state index < -0.39 is 0 Å². The smallest absolute Gasteiger partial charge is 0.223 e. The number of carbonyl (C=O) groups excluding carboxylic acids is 2. The summed E-state index contributed by atoms with van der Waals surface area (Å²) in [4.78, 5) is 26.5. The molecule has 0 bridgehead atoms. The van der Waals surface area contributed by atoms with Crippen molar-refractivity contribution in [3.63, 3.8) is 0 Å². The Morgan fingerprint density at radius 2 is 2.12 bits per heavy atom. The molecule has 2 amide bonds. The van der Waals surface area contributed by atoms with Gasteiger partial charge in [0.05, 0.1) is 7.11 Å². The summed E-state index contributed by atoms with van der Waals surface area (Å²) in [5, 5.41) is 2.91. The first-order chi connectivity index (χ1) is 12.6. The third kappa shape index (κ3) is 5.46. The minimum atomic E-state index is -0.0483. The van der Waals surface area contributed by atoms with Crippen molar-refractivity contribution in [2.24, 2.45) is 5.73 Å². The maximum Gasteiger partial charge on any atom is 0.223 e. The summed E-state index contributed by atoms with van der Waals surface area (Å²) in [6.07, 6.45) is 3.79. The van der Waals surface area contributed by atoms with Crippen LogP contribution in [0.1, 0.15) is 50.5 Å².